The molecule has 1 heterocycles. The number of benzene rings is 1. The van der Waals surface area contributed by atoms with Crippen LogP contribution in [-0.4, -0.2) is 45.4 Å². The van der Waals surface area contributed by atoms with Crippen molar-refractivity contribution >= 4 is 5.91 Å². The summed E-state index contributed by atoms with van der Waals surface area (Å²) >= 11 is 0. The molecule has 112 valence electrons. The molecule has 0 spiro atoms. The fourth-order valence-electron chi connectivity index (χ4n) is 2.20. The van der Waals surface area contributed by atoms with Crippen molar-refractivity contribution in [2.75, 3.05) is 13.6 Å². The Morgan fingerprint density at radius 3 is 2.52 bits per heavy atom. The Kier molecular flexibility index (Phi) is 4.43. The van der Waals surface area contributed by atoms with Crippen LogP contribution in [-0.2, 0) is 0 Å². The summed E-state index contributed by atoms with van der Waals surface area (Å²) in [5.74, 6) is -0.190. The average molecular weight is 287 g/mol. The van der Waals surface area contributed by atoms with E-state index in [1.54, 1.807) is 24.7 Å². The van der Waals surface area contributed by atoms with Gasteiger partial charge in [-0.3, -0.25) is 4.79 Å². The Morgan fingerprint density at radius 2 is 1.95 bits per heavy atom. The van der Waals surface area contributed by atoms with Gasteiger partial charge in [0.05, 0.1) is 11.8 Å². The standard InChI is InChI=1S/C16H21N3O2/c1-11-5-7-14(8-6-11)19-12(2)9-15(17-19)16(21)18(4)10-13(3)20/h5-9,13,20H,10H2,1-4H3. The summed E-state index contributed by atoms with van der Waals surface area (Å²) in [6, 6.07) is 9.74. The zero-order valence-electron chi connectivity index (χ0n) is 12.9. The number of carbonyl (C=O) groups excluding carboxylic acids is 1. The minimum absolute atomic E-state index is 0.190. The van der Waals surface area contributed by atoms with Crippen molar-refractivity contribution in [3.63, 3.8) is 0 Å². The summed E-state index contributed by atoms with van der Waals surface area (Å²) < 4.78 is 1.75. The third-order valence-electron chi connectivity index (χ3n) is 3.27. The highest BCUT2D eigenvalue weighted by Crippen LogP contribution is 2.14. The minimum Gasteiger partial charge on any atom is -0.392 e. The lowest BCUT2D eigenvalue weighted by molar-refractivity contribution is 0.0697. The summed E-state index contributed by atoms with van der Waals surface area (Å²) in [5, 5.41) is 13.7. The maximum atomic E-state index is 12.3. The number of amides is 1. The molecule has 0 aliphatic heterocycles. The van der Waals surface area contributed by atoms with Gasteiger partial charge in [-0.15, -0.1) is 0 Å². The second-order valence-corrected chi connectivity index (χ2v) is 5.45. The van der Waals surface area contributed by atoms with Crippen LogP contribution in [0.3, 0.4) is 0 Å². The van der Waals surface area contributed by atoms with Crippen molar-refractivity contribution in [2.45, 2.75) is 26.9 Å². The molecule has 2 rings (SSSR count). The van der Waals surface area contributed by atoms with Gasteiger partial charge < -0.3 is 10.0 Å². The van der Waals surface area contributed by atoms with E-state index < -0.39 is 6.10 Å². The third-order valence-corrected chi connectivity index (χ3v) is 3.27. The Bertz CT molecular complexity index is 629. The van der Waals surface area contributed by atoms with Crippen LogP contribution < -0.4 is 0 Å². The summed E-state index contributed by atoms with van der Waals surface area (Å²) in [7, 11) is 1.66. The van der Waals surface area contributed by atoms with Crippen LogP contribution in [0.1, 0.15) is 28.7 Å². The lowest BCUT2D eigenvalue weighted by atomic mass is 10.2. The molecule has 5 nitrogen and oxygen atoms in total. The zero-order valence-corrected chi connectivity index (χ0v) is 12.9. The average Bonchev–Trinajstić information content (AvgIpc) is 2.80. The van der Waals surface area contributed by atoms with Gasteiger partial charge in [0.2, 0.25) is 0 Å². The maximum Gasteiger partial charge on any atom is 0.274 e. The topological polar surface area (TPSA) is 58.4 Å². The number of hydrogen-bond acceptors (Lipinski definition) is 3. The number of aliphatic hydroxyl groups excluding tert-OH is 1. The van der Waals surface area contributed by atoms with Crippen LogP contribution >= 0.6 is 0 Å². The molecular formula is C16H21N3O2. The van der Waals surface area contributed by atoms with Gasteiger partial charge in [-0.25, -0.2) is 4.68 Å². The van der Waals surface area contributed by atoms with E-state index in [2.05, 4.69) is 5.10 Å². The Balaban J connectivity index is 2.26. The van der Waals surface area contributed by atoms with E-state index in [0.717, 1.165) is 11.4 Å². The molecule has 0 fully saturated rings. The monoisotopic (exact) mass is 287 g/mol. The molecule has 1 atom stereocenters. The van der Waals surface area contributed by atoms with Crippen LogP contribution in [0.25, 0.3) is 5.69 Å². The van der Waals surface area contributed by atoms with Crippen LogP contribution in [0.2, 0.25) is 0 Å². The van der Waals surface area contributed by atoms with E-state index in [1.807, 2.05) is 38.1 Å². The quantitative estimate of drug-likeness (QED) is 0.935. The Morgan fingerprint density at radius 1 is 1.33 bits per heavy atom. The van der Waals surface area contributed by atoms with Gasteiger partial charge in [0.15, 0.2) is 5.69 Å². The van der Waals surface area contributed by atoms with Crippen LogP contribution in [0, 0.1) is 13.8 Å². The number of nitrogens with zero attached hydrogens (tertiary/aromatic N) is 3. The molecule has 2 aromatic rings. The van der Waals surface area contributed by atoms with Crippen molar-refractivity contribution in [3.05, 3.63) is 47.3 Å². The van der Waals surface area contributed by atoms with E-state index >= 15 is 0 Å². The second kappa shape index (κ2) is 6.10. The highest BCUT2D eigenvalue weighted by atomic mass is 16.3. The predicted molar refractivity (Wildman–Crippen MR) is 81.7 cm³/mol. The van der Waals surface area contributed by atoms with Crippen LogP contribution in [0.15, 0.2) is 30.3 Å². The first-order chi connectivity index (χ1) is 9.88. The van der Waals surface area contributed by atoms with E-state index in [1.165, 1.54) is 10.5 Å². The Labute approximate surface area is 124 Å². The SMILES string of the molecule is Cc1ccc(-n2nc(C(=O)N(C)CC(C)O)cc2C)cc1. The first-order valence-electron chi connectivity index (χ1n) is 6.95. The molecule has 0 saturated heterocycles. The fourth-order valence-corrected chi connectivity index (χ4v) is 2.20. The lowest BCUT2D eigenvalue weighted by Crippen LogP contribution is -2.33. The zero-order chi connectivity index (χ0) is 15.6. The van der Waals surface area contributed by atoms with Crippen molar-refractivity contribution in [1.29, 1.82) is 0 Å². The molecular weight excluding hydrogens is 266 g/mol. The first kappa shape index (κ1) is 15.3. The van der Waals surface area contributed by atoms with Gasteiger partial charge in [-0.1, -0.05) is 17.7 Å². The van der Waals surface area contributed by atoms with Gasteiger partial charge in [0.1, 0.15) is 0 Å². The number of likely N-dealkylation sites (N-methyl/N-ethyl adjacent to an activating group) is 1. The van der Waals surface area contributed by atoms with Crippen molar-refractivity contribution < 1.29 is 9.90 Å². The van der Waals surface area contributed by atoms with Gasteiger partial charge in [-0.05, 0) is 39.0 Å². The van der Waals surface area contributed by atoms with Gasteiger partial charge in [0, 0.05) is 19.3 Å². The molecule has 1 amide bonds. The first-order valence-corrected chi connectivity index (χ1v) is 6.95. The highest BCUT2D eigenvalue weighted by Gasteiger charge is 2.18. The number of aromatic nitrogens is 2. The molecule has 1 aromatic carbocycles. The third kappa shape index (κ3) is 3.49. The predicted octanol–water partition coefficient (Wildman–Crippen LogP) is 1.94. The number of hydrogen-bond donors (Lipinski definition) is 1. The van der Waals surface area contributed by atoms with Crippen LogP contribution in [0.4, 0.5) is 0 Å². The largest absolute Gasteiger partial charge is 0.392 e. The number of carbonyl (C=O) groups is 1. The normalized spacial score (nSPS) is 12.2. The second-order valence-electron chi connectivity index (χ2n) is 5.45. The van der Waals surface area contributed by atoms with Gasteiger partial charge in [-0.2, -0.15) is 5.10 Å². The lowest BCUT2D eigenvalue weighted by Gasteiger charge is -2.17. The van der Waals surface area contributed by atoms with Gasteiger partial charge >= 0.3 is 0 Å². The number of rotatable bonds is 4. The molecule has 5 heteroatoms. The minimum atomic E-state index is -0.556. The highest BCUT2D eigenvalue weighted by molar-refractivity contribution is 5.92. The summed E-state index contributed by atoms with van der Waals surface area (Å²) in [5.41, 5.74) is 3.38. The smallest absolute Gasteiger partial charge is 0.274 e. The van der Waals surface area contributed by atoms with Crippen LogP contribution in [0.5, 0.6) is 0 Å². The van der Waals surface area contributed by atoms with Gasteiger partial charge in [0.25, 0.3) is 5.91 Å². The molecule has 0 aliphatic carbocycles. The van der Waals surface area contributed by atoms with Crippen molar-refractivity contribution in [1.82, 2.24) is 14.7 Å². The molecule has 0 saturated carbocycles. The number of aliphatic hydroxyl groups is 1. The summed E-state index contributed by atoms with van der Waals surface area (Å²) in [6.45, 7) is 5.88. The van der Waals surface area contributed by atoms with Crippen molar-refractivity contribution in [3.8, 4) is 5.69 Å². The Hall–Kier alpha value is -2.14. The molecule has 0 aliphatic rings. The summed E-state index contributed by atoms with van der Waals surface area (Å²) in [4.78, 5) is 13.7. The summed E-state index contributed by atoms with van der Waals surface area (Å²) in [6.07, 6.45) is -0.556. The molecule has 21 heavy (non-hydrogen) atoms. The molecule has 0 bridgehead atoms. The molecule has 1 aromatic heterocycles. The van der Waals surface area contributed by atoms with E-state index in [0.29, 0.717) is 5.69 Å². The molecule has 0 radical (unpaired) electrons. The van der Waals surface area contributed by atoms with E-state index in [9.17, 15) is 9.90 Å². The van der Waals surface area contributed by atoms with E-state index in [-0.39, 0.29) is 12.5 Å². The maximum absolute atomic E-state index is 12.3. The molecule has 1 N–H and O–H groups in total. The molecule has 1 unspecified atom stereocenters. The van der Waals surface area contributed by atoms with Crippen molar-refractivity contribution in [2.24, 2.45) is 0 Å². The fraction of sp³-hybridized carbons (Fsp3) is 0.375. The number of aryl methyl sites for hydroxylation is 2. The van der Waals surface area contributed by atoms with E-state index in [4.69, 9.17) is 0 Å².